The molecule has 0 aliphatic rings. The third kappa shape index (κ3) is 5.46. The summed E-state index contributed by atoms with van der Waals surface area (Å²) in [5.74, 6) is 0.295. The Morgan fingerprint density at radius 1 is 1.44 bits per heavy atom. The Morgan fingerprint density at radius 2 is 2.11 bits per heavy atom. The number of aromatic nitrogens is 1. The van der Waals surface area contributed by atoms with E-state index >= 15 is 0 Å². The maximum Gasteiger partial charge on any atom is 0.211 e. The molecular formula is C12H22N2O2S2. The molecule has 1 unspecified atom stereocenters. The largest absolute Gasteiger partial charge is 0.250 e. The minimum atomic E-state index is -3.19. The van der Waals surface area contributed by atoms with Crippen LogP contribution in [0.15, 0.2) is 11.6 Å². The summed E-state index contributed by atoms with van der Waals surface area (Å²) < 4.78 is 26.4. The Bertz CT molecular complexity index is 447. The van der Waals surface area contributed by atoms with E-state index in [1.54, 1.807) is 17.5 Å². The highest BCUT2D eigenvalue weighted by molar-refractivity contribution is 7.89. The van der Waals surface area contributed by atoms with Crippen molar-refractivity contribution in [1.82, 2.24) is 9.71 Å². The van der Waals surface area contributed by atoms with Crippen LogP contribution in [0.25, 0.3) is 0 Å². The van der Waals surface area contributed by atoms with Crippen LogP contribution in [0.4, 0.5) is 0 Å². The van der Waals surface area contributed by atoms with Gasteiger partial charge in [-0.25, -0.2) is 18.1 Å². The molecule has 1 aromatic rings. The zero-order valence-electron chi connectivity index (χ0n) is 11.4. The van der Waals surface area contributed by atoms with E-state index in [2.05, 4.69) is 30.5 Å². The molecule has 18 heavy (non-hydrogen) atoms. The Kier molecular flexibility index (Phi) is 5.31. The molecule has 1 atom stereocenters. The average Bonchev–Trinajstić information content (AvgIpc) is 2.67. The van der Waals surface area contributed by atoms with Crippen molar-refractivity contribution in [3.8, 4) is 0 Å². The number of nitrogens with zero attached hydrogens (tertiary/aromatic N) is 1. The Balaban J connectivity index is 2.41. The second kappa shape index (κ2) is 6.12. The third-order valence-electron chi connectivity index (χ3n) is 3.09. The van der Waals surface area contributed by atoms with Gasteiger partial charge in [0.25, 0.3) is 0 Å². The summed E-state index contributed by atoms with van der Waals surface area (Å²) in [5.41, 5.74) is 0.00403. The average molecular weight is 290 g/mol. The molecule has 0 saturated heterocycles. The van der Waals surface area contributed by atoms with Crippen LogP contribution in [0.5, 0.6) is 0 Å². The zero-order valence-corrected chi connectivity index (χ0v) is 13.1. The van der Waals surface area contributed by atoms with Crippen LogP contribution >= 0.6 is 11.3 Å². The Morgan fingerprint density at radius 3 is 2.61 bits per heavy atom. The molecule has 0 aromatic carbocycles. The van der Waals surface area contributed by atoms with Gasteiger partial charge in [-0.3, -0.25) is 0 Å². The summed E-state index contributed by atoms with van der Waals surface area (Å²) in [4.78, 5) is 4.12. The molecule has 4 nitrogen and oxygen atoms in total. The number of nitrogens with one attached hydrogen (secondary N) is 1. The van der Waals surface area contributed by atoms with Gasteiger partial charge in [0.2, 0.25) is 10.0 Å². The van der Waals surface area contributed by atoms with Gasteiger partial charge < -0.3 is 0 Å². The van der Waals surface area contributed by atoms with Crippen LogP contribution in [0.3, 0.4) is 0 Å². The monoisotopic (exact) mass is 290 g/mol. The van der Waals surface area contributed by atoms with E-state index in [4.69, 9.17) is 0 Å². The van der Waals surface area contributed by atoms with E-state index in [1.807, 2.05) is 12.3 Å². The molecule has 0 amide bonds. The lowest BCUT2D eigenvalue weighted by Gasteiger charge is -2.26. The lowest BCUT2D eigenvalue weighted by Crippen LogP contribution is -2.34. The molecule has 0 aliphatic carbocycles. The summed E-state index contributed by atoms with van der Waals surface area (Å²) in [5, 5.41) is 2.85. The van der Waals surface area contributed by atoms with Gasteiger partial charge in [-0.2, -0.15) is 0 Å². The number of hydrogen-bond donors (Lipinski definition) is 1. The minimum Gasteiger partial charge on any atom is -0.250 e. The van der Waals surface area contributed by atoms with Crippen molar-refractivity contribution in [2.24, 2.45) is 11.3 Å². The molecule has 0 aliphatic heterocycles. The van der Waals surface area contributed by atoms with Gasteiger partial charge in [-0.1, -0.05) is 27.7 Å². The van der Waals surface area contributed by atoms with Crippen LogP contribution in [-0.2, 0) is 16.4 Å². The fourth-order valence-electron chi connectivity index (χ4n) is 1.33. The van der Waals surface area contributed by atoms with Crippen LogP contribution in [-0.4, -0.2) is 25.7 Å². The van der Waals surface area contributed by atoms with Crippen LogP contribution in [0.1, 0.15) is 32.7 Å². The minimum absolute atomic E-state index is 0.00403. The molecule has 1 N–H and O–H groups in total. The first-order valence-corrected chi connectivity index (χ1v) is 8.59. The predicted octanol–water partition coefficient (Wildman–Crippen LogP) is 2.29. The quantitative estimate of drug-likeness (QED) is 0.874. The topological polar surface area (TPSA) is 59.1 Å². The maximum atomic E-state index is 11.9. The van der Waals surface area contributed by atoms with Gasteiger partial charge in [0.1, 0.15) is 0 Å². The standard InChI is InChI=1S/C12H22N2O2S2/c1-10(12(2,3)4)9-18(15,16)14-6-5-11-13-7-8-17-11/h7-8,10,14H,5-6,9H2,1-4H3. The second-order valence-corrected chi connectivity index (χ2v) is 8.45. The summed E-state index contributed by atoms with van der Waals surface area (Å²) in [6.45, 7) is 8.57. The van der Waals surface area contributed by atoms with Crippen molar-refractivity contribution in [3.05, 3.63) is 16.6 Å². The highest BCUT2D eigenvalue weighted by Crippen LogP contribution is 2.26. The Hall–Kier alpha value is -0.460. The van der Waals surface area contributed by atoms with E-state index in [1.165, 1.54) is 0 Å². The van der Waals surface area contributed by atoms with Crippen molar-refractivity contribution in [3.63, 3.8) is 0 Å². The highest BCUT2D eigenvalue weighted by Gasteiger charge is 2.25. The summed E-state index contributed by atoms with van der Waals surface area (Å²) in [7, 11) is -3.19. The van der Waals surface area contributed by atoms with Gasteiger partial charge in [-0.05, 0) is 11.3 Å². The number of hydrogen-bond acceptors (Lipinski definition) is 4. The van der Waals surface area contributed by atoms with Crippen molar-refractivity contribution < 1.29 is 8.42 Å². The molecule has 0 bridgehead atoms. The fraction of sp³-hybridized carbons (Fsp3) is 0.750. The lowest BCUT2D eigenvalue weighted by atomic mass is 9.83. The van der Waals surface area contributed by atoms with Crippen molar-refractivity contribution >= 4 is 21.4 Å². The van der Waals surface area contributed by atoms with Gasteiger partial charge >= 0.3 is 0 Å². The van der Waals surface area contributed by atoms with Gasteiger partial charge in [0.15, 0.2) is 0 Å². The first-order chi connectivity index (χ1) is 8.21. The van der Waals surface area contributed by atoms with E-state index in [0.29, 0.717) is 13.0 Å². The fourth-order valence-corrected chi connectivity index (χ4v) is 3.64. The van der Waals surface area contributed by atoms with Gasteiger partial charge in [0.05, 0.1) is 10.8 Å². The second-order valence-electron chi connectivity index (χ2n) is 5.62. The van der Waals surface area contributed by atoms with E-state index in [-0.39, 0.29) is 17.1 Å². The zero-order chi connectivity index (χ0) is 13.8. The normalized spacial score (nSPS) is 14.7. The van der Waals surface area contributed by atoms with E-state index < -0.39 is 10.0 Å². The SMILES string of the molecule is CC(CS(=O)(=O)NCCc1nccs1)C(C)(C)C. The highest BCUT2D eigenvalue weighted by atomic mass is 32.2. The predicted molar refractivity (Wildman–Crippen MR) is 76.2 cm³/mol. The van der Waals surface area contributed by atoms with Crippen LogP contribution in [0, 0.1) is 11.3 Å². The van der Waals surface area contributed by atoms with Crippen molar-refractivity contribution in [2.75, 3.05) is 12.3 Å². The first kappa shape index (κ1) is 15.6. The third-order valence-corrected chi connectivity index (χ3v) is 5.51. The molecule has 1 aromatic heterocycles. The molecule has 1 heterocycles. The number of rotatable bonds is 6. The van der Waals surface area contributed by atoms with Crippen molar-refractivity contribution in [2.45, 2.75) is 34.1 Å². The van der Waals surface area contributed by atoms with Crippen LogP contribution in [0.2, 0.25) is 0 Å². The molecule has 6 heteroatoms. The van der Waals surface area contributed by atoms with Gasteiger partial charge in [-0.15, -0.1) is 11.3 Å². The summed E-state index contributed by atoms with van der Waals surface area (Å²) in [6.07, 6.45) is 2.39. The summed E-state index contributed by atoms with van der Waals surface area (Å²) in [6, 6.07) is 0. The van der Waals surface area contributed by atoms with Gasteiger partial charge in [0, 0.05) is 24.5 Å². The smallest absolute Gasteiger partial charge is 0.211 e. The lowest BCUT2D eigenvalue weighted by molar-refractivity contribution is 0.284. The van der Waals surface area contributed by atoms with E-state index in [0.717, 1.165) is 5.01 Å². The first-order valence-electron chi connectivity index (χ1n) is 6.06. The molecule has 0 radical (unpaired) electrons. The maximum absolute atomic E-state index is 11.9. The molecule has 1 rings (SSSR count). The van der Waals surface area contributed by atoms with Crippen molar-refractivity contribution in [1.29, 1.82) is 0 Å². The summed E-state index contributed by atoms with van der Waals surface area (Å²) >= 11 is 1.55. The van der Waals surface area contributed by atoms with E-state index in [9.17, 15) is 8.42 Å². The number of sulfonamides is 1. The van der Waals surface area contributed by atoms with Crippen LogP contribution < -0.4 is 4.72 Å². The Labute approximate surface area is 114 Å². The molecular weight excluding hydrogens is 268 g/mol. The molecule has 0 fully saturated rings. The molecule has 104 valence electrons. The molecule has 0 saturated carbocycles. The number of thiazole rings is 1. The molecule has 0 spiro atoms.